The predicted molar refractivity (Wildman–Crippen MR) is 201 cm³/mol. The van der Waals surface area contributed by atoms with Crippen molar-refractivity contribution in [3.8, 4) is 56.4 Å². The summed E-state index contributed by atoms with van der Waals surface area (Å²) in [6, 6.07) is 52.6. The van der Waals surface area contributed by atoms with E-state index >= 15 is 0 Å². The molecule has 0 aliphatic rings. The number of para-hydroxylation sites is 1. The maximum absolute atomic E-state index is 6.66. The summed E-state index contributed by atoms with van der Waals surface area (Å²) < 4.78 is 6.66. The summed E-state index contributed by atoms with van der Waals surface area (Å²) in [6.07, 6.45) is 0. The number of nitrogens with zero attached hydrogens (tertiary/aromatic N) is 3. The summed E-state index contributed by atoms with van der Waals surface area (Å²) in [4.78, 5) is 15.4. The average Bonchev–Trinajstić information content (AvgIpc) is 3.55. The van der Waals surface area contributed by atoms with Crippen molar-refractivity contribution in [2.75, 3.05) is 0 Å². The minimum atomic E-state index is 0.600. The Bertz CT molecular complexity index is 2690. The van der Waals surface area contributed by atoms with Gasteiger partial charge in [0, 0.05) is 33.0 Å². The Labute approximate surface area is 284 Å². The largest absolute Gasteiger partial charge is 0.455 e. The SMILES string of the molecule is Cc1ccccc1-c1cc(-c2nc(-c3ccccc3)nc(-c3ccc(-c4ccc5ccccc5c4)c4oc5ccccc5c34)n2)ccc1C. The molecule has 0 amide bonds. The molecule has 4 heteroatoms. The summed E-state index contributed by atoms with van der Waals surface area (Å²) in [5, 5.41) is 4.40. The Kier molecular flexibility index (Phi) is 6.87. The summed E-state index contributed by atoms with van der Waals surface area (Å²) in [5.41, 5.74) is 11.3. The lowest BCUT2D eigenvalue weighted by atomic mass is 9.94. The highest BCUT2D eigenvalue weighted by molar-refractivity contribution is 6.16. The molecule has 0 radical (unpaired) electrons. The molecule has 9 rings (SSSR count). The highest BCUT2D eigenvalue weighted by atomic mass is 16.3. The van der Waals surface area contributed by atoms with Crippen molar-refractivity contribution < 1.29 is 4.42 Å². The lowest BCUT2D eigenvalue weighted by Gasteiger charge is -2.13. The fraction of sp³-hybridized carbons (Fsp3) is 0.0444. The molecule has 0 bridgehead atoms. The number of aromatic nitrogens is 3. The van der Waals surface area contributed by atoms with Crippen LogP contribution in [0.2, 0.25) is 0 Å². The van der Waals surface area contributed by atoms with Crippen molar-refractivity contribution in [3.63, 3.8) is 0 Å². The van der Waals surface area contributed by atoms with Gasteiger partial charge in [-0.15, -0.1) is 0 Å². The van der Waals surface area contributed by atoms with Gasteiger partial charge in [0.15, 0.2) is 17.5 Å². The Hall–Kier alpha value is -6.39. The molecule has 0 atom stereocenters. The zero-order chi connectivity index (χ0) is 32.9. The van der Waals surface area contributed by atoms with Crippen LogP contribution in [0.15, 0.2) is 156 Å². The zero-order valence-corrected chi connectivity index (χ0v) is 27.2. The number of benzene rings is 7. The van der Waals surface area contributed by atoms with Gasteiger partial charge in [0.05, 0.1) is 0 Å². The van der Waals surface area contributed by atoms with Crippen LogP contribution in [0.1, 0.15) is 11.1 Å². The minimum Gasteiger partial charge on any atom is -0.455 e. The highest BCUT2D eigenvalue weighted by Crippen LogP contribution is 2.42. The lowest BCUT2D eigenvalue weighted by Crippen LogP contribution is -2.01. The van der Waals surface area contributed by atoms with Gasteiger partial charge in [-0.3, -0.25) is 0 Å². The summed E-state index contributed by atoms with van der Waals surface area (Å²) in [6.45, 7) is 4.30. The molecule has 0 unspecified atom stereocenters. The van der Waals surface area contributed by atoms with E-state index in [-0.39, 0.29) is 0 Å². The van der Waals surface area contributed by atoms with Gasteiger partial charge in [-0.25, -0.2) is 15.0 Å². The van der Waals surface area contributed by atoms with E-state index in [2.05, 4.69) is 123 Å². The zero-order valence-electron chi connectivity index (χ0n) is 27.2. The first-order chi connectivity index (χ1) is 24.1. The smallest absolute Gasteiger partial charge is 0.164 e. The quantitative estimate of drug-likeness (QED) is 0.190. The van der Waals surface area contributed by atoms with Gasteiger partial charge >= 0.3 is 0 Å². The van der Waals surface area contributed by atoms with Crippen LogP contribution in [0, 0.1) is 13.8 Å². The normalized spacial score (nSPS) is 11.5. The fourth-order valence-corrected chi connectivity index (χ4v) is 6.87. The van der Waals surface area contributed by atoms with Crippen molar-refractivity contribution >= 4 is 32.7 Å². The van der Waals surface area contributed by atoms with Gasteiger partial charge in [0.25, 0.3) is 0 Å². The molecule has 0 N–H and O–H groups in total. The Balaban J connectivity index is 1.29. The first-order valence-corrected chi connectivity index (χ1v) is 16.5. The van der Waals surface area contributed by atoms with Crippen molar-refractivity contribution in [3.05, 3.63) is 163 Å². The van der Waals surface area contributed by atoms with Crippen LogP contribution in [0.25, 0.3) is 89.1 Å². The van der Waals surface area contributed by atoms with E-state index in [0.29, 0.717) is 17.5 Å². The molecule has 0 spiro atoms. The van der Waals surface area contributed by atoms with Gasteiger partial charge in [-0.2, -0.15) is 0 Å². The van der Waals surface area contributed by atoms with Crippen LogP contribution in [-0.2, 0) is 0 Å². The van der Waals surface area contributed by atoms with Crippen molar-refractivity contribution in [1.82, 2.24) is 15.0 Å². The standard InChI is InChI=1S/C45H31N3O/c1-28-12-6-9-17-35(28)39-27-34(21-20-29(39)2)44-46-43(31-14-4-3-5-15-31)47-45(48-44)38-25-24-36(33-23-22-30-13-7-8-16-32(30)26-33)42-41(38)37-18-10-11-19-40(37)49-42/h3-27H,1-2H3. The van der Waals surface area contributed by atoms with E-state index in [4.69, 9.17) is 19.4 Å². The average molecular weight is 630 g/mol. The number of furan rings is 1. The van der Waals surface area contributed by atoms with E-state index < -0.39 is 0 Å². The molecule has 7 aromatic carbocycles. The van der Waals surface area contributed by atoms with E-state index in [1.165, 1.54) is 33.0 Å². The second-order valence-electron chi connectivity index (χ2n) is 12.5. The van der Waals surface area contributed by atoms with Crippen molar-refractivity contribution in [1.29, 1.82) is 0 Å². The van der Waals surface area contributed by atoms with Crippen LogP contribution < -0.4 is 0 Å². The van der Waals surface area contributed by atoms with Gasteiger partial charge in [0.1, 0.15) is 11.2 Å². The molecule has 49 heavy (non-hydrogen) atoms. The van der Waals surface area contributed by atoms with Crippen molar-refractivity contribution in [2.24, 2.45) is 0 Å². The third-order valence-electron chi connectivity index (χ3n) is 9.43. The predicted octanol–water partition coefficient (Wildman–Crippen LogP) is 11.9. The number of rotatable bonds is 5. The van der Waals surface area contributed by atoms with E-state index in [0.717, 1.165) is 49.8 Å². The number of hydrogen-bond acceptors (Lipinski definition) is 4. The maximum atomic E-state index is 6.66. The maximum Gasteiger partial charge on any atom is 0.164 e. The minimum absolute atomic E-state index is 0.600. The van der Waals surface area contributed by atoms with Crippen LogP contribution in [0.5, 0.6) is 0 Å². The molecule has 0 fully saturated rings. The monoisotopic (exact) mass is 629 g/mol. The Morgan fingerprint density at radius 2 is 1.06 bits per heavy atom. The van der Waals surface area contributed by atoms with E-state index in [1.807, 2.05) is 42.5 Å². The molecule has 0 aliphatic heterocycles. The van der Waals surface area contributed by atoms with Gasteiger partial charge < -0.3 is 4.42 Å². The molecule has 2 heterocycles. The van der Waals surface area contributed by atoms with E-state index in [1.54, 1.807) is 0 Å². The molecule has 4 nitrogen and oxygen atoms in total. The fourth-order valence-electron chi connectivity index (χ4n) is 6.87. The Morgan fingerprint density at radius 3 is 1.92 bits per heavy atom. The van der Waals surface area contributed by atoms with Crippen molar-refractivity contribution in [2.45, 2.75) is 13.8 Å². The van der Waals surface area contributed by atoms with Gasteiger partial charge in [0.2, 0.25) is 0 Å². The lowest BCUT2D eigenvalue weighted by molar-refractivity contribution is 0.670. The molecule has 2 aromatic heterocycles. The van der Waals surface area contributed by atoms with Crippen LogP contribution in [0.3, 0.4) is 0 Å². The second kappa shape index (κ2) is 11.7. The van der Waals surface area contributed by atoms with Gasteiger partial charge in [-0.05, 0) is 82.8 Å². The number of aryl methyl sites for hydroxylation is 2. The molecule has 0 saturated heterocycles. The third-order valence-corrected chi connectivity index (χ3v) is 9.43. The summed E-state index contributed by atoms with van der Waals surface area (Å²) >= 11 is 0. The molecule has 9 aromatic rings. The highest BCUT2D eigenvalue weighted by Gasteiger charge is 2.21. The molecular formula is C45H31N3O. The molecule has 0 saturated carbocycles. The molecule has 232 valence electrons. The topological polar surface area (TPSA) is 51.8 Å². The Morgan fingerprint density at radius 1 is 0.408 bits per heavy atom. The van der Waals surface area contributed by atoms with Crippen LogP contribution in [-0.4, -0.2) is 15.0 Å². The van der Waals surface area contributed by atoms with Crippen LogP contribution >= 0.6 is 0 Å². The second-order valence-corrected chi connectivity index (χ2v) is 12.5. The number of fused-ring (bicyclic) bond motifs is 4. The summed E-state index contributed by atoms with van der Waals surface area (Å²) in [7, 11) is 0. The first kappa shape index (κ1) is 28.8. The number of hydrogen-bond donors (Lipinski definition) is 0. The third kappa shape index (κ3) is 5.06. The van der Waals surface area contributed by atoms with E-state index in [9.17, 15) is 0 Å². The summed E-state index contributed by atoms with van der Waals surface area (Å²) in [5.74, 6) is 1.85. The molecular weight excluding hydrogens is 599 g/mol. The molecule has 0 aliphatic carbocycles. The first-order valence-electron chi connectivity index (χ1n) is 16.5. The van der Waals surface area contributed by atoms with Crippen LogP contribution in [0.4, 0.5) is 0 Å². The van der Waals surface area contributed by atoms with Gasteiger partial charge in [-0.1, -0.05) is 121 Å².